The van der Waals surface area contributed by atoms with Crippen LogP contribution in [0.1, 0.15) is 24.0 Å². The van der Waals surface area contributed by atoms with Crippen LogP contribution in [0.3, 0.4) is 0 Å². The van der Waals surface area contributed by atoms with Crippen molar-refractivity contribution in [3.8, 4) is 0 Å². The Bertz CT molecular complexity index is 469. The van der Waals surface area contributed by atoms with Crippen LogP contribution in [0.15, 0.2) is 12.1 Å². The summed E-state index contributed by atoms with van der Waals surface area (Å²) in [6.07, 6.45) is -0.440. The second kappa shape index (κ2) is 9.42. The molecule has 0 fully saturated rings. The molecule has 0 saturated carbocycles. The minimum absolute atomic E-state index is 0. The molecule has 0 aromatic heterocycles. The van der Waals surface area contributed by atoms with Crippen molar-refractivity contribution in [3.05, 3.63) is 34.3 Å². The van der Waals surface area contributed by atoms with E-state index >= 15 is 0 Å². The van der Waals surface area contributed by atoms with Gasteiger partial charge in [-0.3, -0.25) is 9.59 Å². The maximum atomic E-state index is 11.2. The fraction of sp³-hybridized carbons (Fsp3) is 0.333. The molecule has 2 N–H and O–H groups in total. The Balaban J connectivity index is 0.00000361. The number of rotatable bonds is 7. The molecule has 101 valence electrons. The van der Waals surface area contributed by atoms with Crippen molar-refractivity contribution < 1.29 is 57.3 Å². The number of esters is 1. The molecule has 0 unspecified atom stereocenters. The summed E-state index contributed by atoms with van der Waals surface area (Å²) in [6, 6.07) is 5.99. The number of hydrogen-bond donors (Lipinski definition) is 2. The maximum Gasteiger partial charge on any atom is 0.306 e. The van der Waals surface area contributed by atoms with Crippen LogP contribution in [0.5, 0.6) is 0 Å². The number of carboxylic acid groups (broad SMARTS) is 1. The van der Waals surface area contributed by atoms with Gasteiger partial charge in [0.1, 0.15) is 0 Å². The normalized spacial score (nSPS) is 10.3. The van der Waals surface area contributed by atoms with Gasteiger partial charge in [-0.05, 0) is 0 Å². The van der Waals surface area contributed by atoms with E-state index < -0.39 is 11.9 Å². The van der Waals surface area contributed by atoms with Crippen LogP contribution in [-0.2, 0) is 60.2 Å². The smallest absolute Gasteiger partial charge is 0.306 e. The van der Waals surface area contributed by atoms with Gasteiger partial charge in [-0.25, -0.2) is 0 Å². The van der Waals surface area contributed by atoms with E-state index in [1.807, 2.05) is 0 Å². The van der Waals surface area contributed by atoms with E-state index in [1.165, 1.54) is 0 Å². The Labute approximate surface area is 142 Å². The number of aliphatic carboxylic acids is 1. The van der Waals surface area contributed by atoms with Gasteiger partial charge in [0.05, 0.1) is 19.4 Å². The topological polar surface area (TPSA) is 83.8 Å². The first-order valence-electron chi connectivity index (χ1n) is 5.58. The molecule has 19 heavy (non-hydrogen) atoms. The third-order valence-corrected chi connectivity index (χ3v) is 2.25. The third-order valence-electron chi connectivity index (χ3n) is 2.05. The van der Waals surface area contributed by atoms with Gasteiger partial charge in [-0.2, -0.15) is 12.1 Å². The number of carbonyl (C=O) groups is 2. The van der Waals surface area contributed by atoms with Crippen molar-refractivity contribution in [3.63, 3.8) is 0 Å². The van der Waals surface area contributed by atoms with Gasteiger partial charge in [0.25, 0.3) is 0 Å². The molecule has 1 rings (SSSR count). The number of ether oxygens (including phenoxy) is 1. The number of carboxylic acids is 1. The second-order valence-electron chi connectivity index (χ2n) is 3.56. The molecule has 0 aliphatic heterocycles. The summed E-state index contributed by atoms with van der Waals surface area (Å²) in [5, 5.41) is 13.0. The van der Waals surface area contributed by atoms with E-state index in [-0.39, 0.29) is 58.8 Å². The van der Waals surface area contributed by atoms with Gasteiger partial charge in [0.2, 0.25) is 1.43 Å². The fourth-order valence-electron chi connectivity index (χ4n) is 1.26. The summed E-state index contributed by atoms with van der Waals surface area (Å²) in [5.41, 5.74) is 1.19. The first kappa shape index (κ1) is 16.6. The van der Waals surface area contributed by atoms with Crippen LogP contribution in [0.4, 0.5) is 0 Å². The molecule has 0 saturated heterocycles. The molecule has 1 radical (unpaired) electrons. The van der Waals surface area contributed by atoms with Crippen molar-refractivity contribution in [2.45, 2.75) is 26.1 Å². The van der Waals surface area contributed by atoms with Gasteiger partial charge < -0.3 is 15.0 Å². The number of hydrogen-bond acceptors (Lipinski definition) is 4. The second-order valence-corrected chi connectivity index (χ2v) is 3.97. The third kappa shape index (κ3) is 7.62. The van der Waals surface area contributed by atoms with Gasteiger partial charge >= 0.3 is 11.9 Å². The zero-order valence-electron chi connectivity index (χ0n) is 11.0. The molecular weight excluding hydrogens is 348 g/mol. The van der Waals surface area contributed by atoms with Gasteiger partial charge in [0, 0.05) is 39.3 Å². The fourth-order valence-corrected chi connectivity index (χ4v) is 1.52. The predicted octanol–water partition coefficient (Wildman–Crippen LogP) is 1.54. The van der Waals surface area contributed by atoms with Crippen LogP contribution in [0.2, 0.25) is 5.02 Å². The number of carbonyl (C=O) groups excluding carboxylic acids is 1. The minimum atomic E-state index is -1.05. The molecule has 5 nitrogen and oxygen atoms in total. The summed E-state index contributed by atoms with van der Waals surface area (Å²) in [6.45, 7) is 0.0123. The number of benzene rings is 1. The van der Waals surface area contributed by atoms with E-state index in [4.69, 9.17) is 22.9 Å². The van der Waals surface area contributed by atoms with Crippen LogP contribution >= 0.6 is 11.6 Å². The first-order valence-corrected chi connectivity index (χ1v) is 5.55. The number of halogens is 1. The van der Waals surface area contributed by atoms with E-state index in [1.54, 1.807) is 12.1 Å². The summed E-state index contributed by atoms with van der Waals surface area (Å²) in [7, 11) is 0. The van der Waals surface area contributed by atoms with Crippen LogP contribution in [0, 0.1) is 6.07 Å². The Morgan fingerprint density at radius 2 is 2.16 bits per heavy atom. The molecule has 0 aliphatic rings. The van der Waals surface area contributed by atoms with Crippen LogP contribution in [-0.4, -0.2) is 23.6 Å². The number of aliphatic hydroxyl groups excluding tert-OH is 1. The number of aliphatic hydroxyl groups is 1. The molecule has 0 spiro atoms. The Morgan fingerprint density at radius 3 is 2.79 bits per heavy atom. The molecule has 0 atom stereocenters. The van der Waals surface area contributed by atoms with E-state index in [0.717, 1.165) is 0 Å². The first-order chi connectivity index (χ1) is 9.01. The maximum absolute atomic E-state index is 11.2. The summed E-state index contributed by atoms with van der Waals surface area (Å²) in [4.78, 5) is 21.5. The van der Waals surface area contributed by atoms with Gasteiger partial charge in [0.15, 0.2) is 0 Å². The molecule has 0 amide bonds. The van der Waals surface area contributed by atoms with Gasteiger partial charge in [-0.15, -0.1) is 28.8 Å². The van der Waals surface area contributed by atoms with Crippen molar-refractivity contribution in [2.24, 2.45) is 0 Å². The summed E-state index contributed by atoms with van der Waals surface area (Å²) >= 11 is 5.81. The minimum Gasteiger partial charge on any atom is -0.481 e. The Morgan fingerprint density at radius 1 is 1.42 bits per heavy atom. The van der Waals surface area contributed by atoms with E-state index in [9.17, 15) is 9.59 Å². The van der Waals surface area contributed by atoms with E-state index in [0.29, 0.717) is 16.1 Å². The van der Waals surface area contributed by atoms with Gasteiger partial charge in [-0.1, -0.05) is 5.02 Å². The zero-order chi connectivity index (χ0) is 14.3. The Kier molecular flexibility index (Phi) is 8.22. The quantitative estimate of drug-likeness (QED) is 0.568. The zero-order valence-corrected chi connectivity index (χ0v) is 13.6. The molecular formula is C12H12ClO5Y-. The molecule has 1 aromatic rings. The monoisotopic (exact) mass is 361 g/mol. The van der Waals surface area contributed by atoms with Crippen molar-refractivity contribution in [1.82, 2.24) is 0 Å². The Hall–Kier alpha value is -0.486. The largest absolute Gasteiger partial charge is 0.481 e. The standard InChI is InChI=1S/C12H12ClO5.Y/c13-10-4-8(6-14)3-9(5-10)7-18-12(17)2-1-11(15)16;/h3,5,14H,1-2,6-7H2,(H,15,16);/q-1;/i14D;. The van der Waals surface area contributed by atoms with Crippen molar-refractivity contribution in [2.75, 3.05) is 0 Å². The molecule has 0 heterocycles. The predicted molar refractivity (Wildman–Crippen MR) is 62.9 cm³/mol. The molecule has 1 aromatic carbocycles. The summed E-state index contributed by atoms with van der Waals surface area (Å²) < 4.78 is 11.5. The van der Waals surface area contributed by atoms with Crippen molar-refractivity contribution in [1.29, 1.82) is 1.43 Å². The molecule has 0 aliphatic carbocycles. The van der Waals surface area contributed by atoms with Crippen LogP contribution in [0.25, 0.3) is 0 Å². The molecule has 7 heteroatoms. The summed E-state index contributed by atoms with van der Waals surface area (Å²) in [5.74, 6) is -1.64. The van der Waals surface area contributed by atoms with Crippen molar-refractivity contribution >= 4 is 23.5 Å². The van der Waals surface area contributed by atoms with Crippen LogP contribution < -0.4 is 0 Å². The average molecular weight is 362 g/mol. The molecule has 0 bridgehead atoms. The SMILES string of the molecule is [2H]OCc1[c-]c(Cl)cc(COC(=O)CCC(=O)O)c1.[Y]. The average Bonchev–Trinajstić information content (AvgIpc) is 2.33. The van der Waals surface area contributed by atoms with E-state index in [2.05, 4.69) is 11.2 Å².